The Kier molecular flexibility index (Phi) is 6.85. The maximum atomic E-state index is 12.9. The topological polar surface area (TPSA) is 15.6 Å². The summed E-state index contributed by atoms with van der Waals surface area (Å²) in [5, 5.41) is 0. The van der Waals surface area contributed by atoms with Gasteiger partial charge in [0.2, 0.25) is 5.84 Å². The standard InChI is InChI=1S/C12H10Br2F6N2S/c1-22(2)10(12(18,19)20)21-8-4-9(7(14)3-6(8)13)23-5-11(15,16)17/h3-4H,5H2,1-2H3/b21-10+. The first-order chi connectivity index (χ1) is 10.3. The van der Waals surface area contributed by atoms with Crippen molar-refractivity contribution in [2.75, 3.05) is 19.8 Å². The van der Waals surface area contributed by atoms with E-state index in [1.165, 1.54) is 26.2 Å². The minimum absolute atomic E-state index is 0.112. The zero-order valence-corrected chi connectivity index (χ0v) is 15.7. The van der Waals surface area contributed by atoms with Crippen molar-refractivity contribution in [1.29, 1.82) is 0 Å². The Balaban J connectivity index is 3.26. The van der Waals surface area contributed by atoms with E-state index < -0.39 is 23.9 Å². The van der Waals surface area contributed by atoms with Crippen molar-refractivity contribution in [3.63, 3.8) is 0 Å². The van der Waals surface area contributed by atoms with E-state index in [-0.39, 0.29) is 15.1 Å². The molecule has 0 fully saturated rings. The molecule has 1 aromatic rings. The number of thioether (sulfide) groups is 1. The number of benzene rings is 1. The molecule has 0 bridgehead atoms. The van der Waals surface area contributed by atoms with Gasteiger partial charge in [-0.3, -0.25) is 0 Å². The molecule has 0 amide bonds. The Morgan fingerprint density at radius 3 is 2.09 bits per heavy atom. The lowest BCUT2D eigenvalue weighted by atomic mass is 10.3. The van der Waals surface area contributed by atoms with Gasteiger partial charge in [0.1, 0.15) is 0 Å². The van der Waals surface area contributed by atoms with Gasteiger partial charge < -0.3 is 4.90 Å². The largest absolute Gasteiger partial charge is 0.449 e. The molecule has 0 heterocycles. The lowest BCUT2D eigenvalue weighted by Gasteiger charge is -2.18. The molecule has 0 unspecified atom stereocenters. The third kappa shape index (κ3) is 6.54. The number of alkyl halides is 6. The first-order valence-corrected chi connectivity index (χ1v) is 8.40. The summed E-state index contributed by atoms with van der Waals surface area (Å²) in [6.07, 6.45) is -9.07. The maximum Gasteiger partial charge on any atom is 0.449 e. The molecule has 0 N–H and O–H groups in total. The monoisotopic (exact) mass is 486 g/mol. The Labute approximate surface area is 149 Å². The van der Waals surface area contributed by atoms with Crippen molar-refractivity contribution >= 4 is 55.1 Å². The third-order valence-corrected chi connectivity index (χ3v) is 4.97. The number of halogens is 8. The Hall–Kier alpha value is -0.420. The highest BCUT2D eigenvalue weighted by molar-refractivity contribution is 9.11. The fourth-order valence-electron chi connectivity index (χ4n) is 1.41. The average Bonchev–Trinajstić information content (AvgIpc) is 2.33. The smallest absolute Gasteiger partial charge is 0.359 e. The lowest BCUT2D eigenvalue weighted by Crippen LogP contribution is -2.35. The molecule has 2 nitrogen and oxygen atoms in total. The summed E-state index contributed by atoms with van der Waals surface area (Å²) in [5.41, 5.74) is -0.112. The van der Waals surface area contributed by atoms with E-state index in [2.05, 4.69) is 36.9 Å². The molecule has 130 valence electrons. The van der Waals surface area contributed by atoms with E-state index in [9.17, 15) is 26.3 Å². The maximum absolute atomic E-state index is 12.9. The quantitative estimate of drug-likeness (QED) is 0.224. The third-order valence-electron chi connectivity index (χ3n) is 2.30. The molecule has 1 aromatic carbocycles. The van der Waals surface area contributed by atoms with Crippen LogP contribution < -0.4 is 0 Å². The van der Waals surface area contributed by atoms with Crippen LogP contribution in [0.25, 0.3) is 0 Å². The van der Waals surface area contributed by atoms with Crippen LogP contribution in [0.2, 0.25) is 0 Å². The van der Waals surface area contributed by atoms with Crippen LogP contribution in [0.15, 0.2) is 31.0 Å². The van der Waals surface area contributed by atoms with Crippen LogP contribution in [-0.2, 0) is 0 Å². The van der Waals surface area contributed by atoms with Crippen molar-refractivity contribution < 1.29 is 26.3 Å². The van der Waals surface area contributed by atoms with Crippen molar-refractivity contribution in [3.05, 3.63) is 21.1 Å². The van der Waals surface area contributed by atoms with Gasteiger partial charge in [-0.15, -0.1) is 11.8 Å². The van der Waals surface area contributed by atoms with E-state index in [4.69, 9.17) is 0 Å². The van der Waals surface area contributed by atoms with E-state index in [0.717, 1.165) is 4.90 Å². The second-order valence-corrected chi connectivity index (χ2v) is 7.19. The number of nitrogens with zero attached hydrogens (tertiary/aromatic N) is 2. The van der Waals surface area contributed by atoms with E-state index in [1.807, 2.05) is 0 Å². The molecule has 0 saturated heterocycles. The Morgan fingerprint density at radius 1 is 1.09 bits per heavy atom. The van der Waals surface area contributed by atoms with Gasteiger partial charge in [0, 0.05) is 27.9 Å². The fraction of sp³-hybridized carbons (Fsp3) is 0.417. The van der Waals surface area contributed by atoms with Crippen LogP contribution >= 0.6 is 43.6 Å². The molecule has 11 heteroatoms. The van der Waals surface area contributed by atoms with Gasteiger partial charge in [-0.25, -0.2) is 4.99 Å². The molecule has 0 atom stereocenters. The molecule has 0 aliphatic carbocycles. The molecule has 23 heavy (non-hydrogen) atoms. The number of rotatable bonds is 3. The van der Waals surface area contributed by atoms with Crippen molar-refractivity contribution in [2.45, 2.75) is 17.2 Å². The zero-order chi connectivity index (χ0) is 18.0. The van der Waals surface area contributed by atoms with E-state index in [0.29, 0.717) is 16.2 Å². The molecule has 0 aliphatic heterocycles. The van der Waals surface area contributed by atoms with Crippen LogP contribution in [0.3, 0.4) is 0 Å². The Morgan fingerprint density at radius 2 is 1.65 bits per heavy atom. The minimum Gasteiger partial charge on any atom is -0.359 e. The number of hydrogen-bond acceptors (Lipinski definition) is 2. The molecular weight excluding hydrogens is 478 g/mol. The summed E-state index contributed by atoms with van der Waals surface area (Å²) in [6.45, 7) is 0. The summed E-state index contributed by atoms with van der Waals surface area (Å²) >= 11 is 6.61. The van der Waals surface area contributed by atoms with Gasteiger partial charge in [0.25, 0.3) is 0 Å². The summed E-state index contributed by atoms with van der Waals surface area (Å²) in [6, 6.07) is 2.53. The minimum atomic E-state index is -4.69. The molecule has 0 radical (unpaired) electrons. The SMILES string of the molecule is CN(C)/C(=N/c1cc(SCC(F)(F)F)c(Br)cc1Br)C(F)(F)F. The second kappa shape index (κ2) is 7.64. The molecule has 1 rings (SSSR count). The van der Waals surface area contributed by atoms with Crippen molar-refractivity contribution in [3.8, 4) is 0 Å². The van der Waals surface area contributed by atoms with Crippen LogP contribution in [0.1, 0.15) is 0 Å². The predicted octanol–water partition coefficient (Wildman–Crippen LogP) is 6.02. The van der Waals surface area contributed by atoms with E-state index in [1.54, 1.807) is 0 Å². The summed E-state index contributed by atoms with van der Waals surface area (Å²) in [4.78, 5) is 4.46. The molecule has 0 aromatic heterocycles. The molecule has 0 spiro atoms. The van der Waals surface area contributed by atoms with Gasteiger partial charge in [-0.05, 0) is 44.0 Å². The van der Waals surface area contributed by atoms with Crippen molar-refractivity contribution in [2.24, 2.45) is 4.99 Å². The van der Waals surface area contributed by atoms with Gasteiger partial charge in [0.15, 0.2) is 0 Å². The Bertz CT molecular complexity index is 598. The molecular formula is C12H10Br2F6N2S. The summed E-state index contributed by atoms with van der Waals surface area (Å²) in [7, 11) is 2.36. The predicted molar refractivity (Wildman–Crippen MR) is 85.5 cm³/mol. The van der Waals surface area contributed by atoms with Crippen LogP contribution in [0, 0.1) is 0 Å². The number of aliphatic imine (C=N–C) groups is 1. The molecule has 0 saturated carbocycles. The first-order valence-electron chi connectivity index (χ1n) is 5.83. The highest BCUT2D eigenvalue weighted by Gasteiger charge is 2.37. The number of hydrogen-bond donors (Lipinski definition) is 0. The average molecular weight is 488 g/mol. The first kappa shape index (κ1) is 20.6. The summed E-state index contributed by atoms with van der Waals surface area (Å²) < 4.78 is 76.2. The lowest BCUT2D eigenvalue weighted by molar-refractivity contribution is -0.105. The van der Waals surface area contributed by atoms with Crippen LogP contribution in [-0.4, -0.2) is 42.9 Å². The molecule has 0 aliphatic rings. The van der Waals surface area contributed by atoms with Gasteiger partial charge >= 0.3 is 12.4 Å². The van der Waals surface area contributed by atoms with E-state index >= 15 is 0 Å². The van der Waals surface area contributed by atoms with Gasteiger partial charge in [0.05, 0.1) is 11.4 Å². The normalized spacial score (nSPS) is 13.4. The van der Waals surface area contributed by atoms with Crippen LogP contribution in [0.4, 0.5) is 32.0 Å². The number of amidine groups is 1. The second-order valence-electron chi connectivity index (χ2n) is 4.47. The highest BCUT2D eigenvalue weighted by Crippen LogP contribution is 2.39. The van der Waals surface area contributed by atoms with Gasteiger partial charge in [-0.1, -0.05) is 0 Å². The van der Waals surface area contributed by atoms with Gasteiger partial charge in [-0.2, -0.15) is 26.3 Å². The van der Waals surface area contributed by atoms with Crippen molar-refractivity contribution in [1.82, 2.24) is 4.90 Å². The zero-order valence-electron chi connectivity index (χ0n) is 11.7. The summed E-state index contributed by atoms with van der Waals surface area (Å²) in [5.74, 6) is -2.32. The fourth-order valence-corrected chi connectivity index (χ4v) is 3.54. The highest BCUT2D eigenvalue weighted by atomic mass is 79.9. The van der Waals surface area contributed by atoms with Crippen LogP contribution in [0.5, 0.6) is 0 Å².